The monoisotopic (exact) mass is 352 g/mol. The van der Waals surface area contributed by atoms with Crippen molar-refractivity contribution < 1.29 is 9.66 Å². The number of aliphatic imine (C=N–C) groups is 1. The topological polar surface area (TPSA) is 64.7 Å². The lowest BCUT2D eigenvalue weighted by Gasteiger charge is -2.10. The molecule has 0 aliphatic heterocycles. The van der Waals surface area contributed by atoms with Gasteiger partial charge < -0.3 is 4.74 Å². The van der Waals surface area contributed by atoms with Crippen LogP contribution < -0.4 is 4.74 Å². The number of para-hydroxylation sites is 1. The number of ether oxygens (including phenoxy) is 1. The lowest BCUT2D eigenvalue weighted by atomic mass is 10.2. The van der Waals surface area contributed by atoms with E-state index in [1.165, 1.54) is 24.3 Å². The van der Waals surface area contributed by atoms with Crippen molar-refractivity contribution in [2.75, 3.05) is 0 Å². The van der Waals surface area contributed by atoms with Crippen LogP contribution in [0, 0.1) is 10.1 Å². The second-order valence-electron chi connectivity index (χ2n) is 5.12. The fourth-order valence-electron chi connectivity index (χ4n) is 2.14. The average Bonchev–Trinajstić information content (AvgIpc) is 2.62. The molecule has 0 amide bonds. The SMILES string of the molecule is O=[N+]([O-])c1ccc(OC(=Nc2ccccc2)c2cccc(Cl)c2)cc1. The van der Waals surface area contributed by atoms with E-state index in [4.69, 9.17) is 16.3 Å². The maximum Gasteiger partial charge on any atom is 0.269 e. The van der Waals surface area contributed by atoms with Gasteiger partial charge in [0.25, 0.3) is 5.69 Å². The van der Waals surface area contributed by atoms with Crippen molar-refractivity contribution in [1.29, 1.82) is 0 Å². The fraction of sp³-hybridized carbons (Fsp3) is 0. The minimum atomic E-state index is -0.459. The molecule has 0 fully saturated rings. The highest BCUT2D eigenvalue weighted by molar-refractivity contribution is 6.31. The quantitative estimate of drug-likeness (QED) is 0.273. The molecule has 124 valence electrons. The Morgan fingerprint density at radius 3 is 2.32 bits per heavy atom. The number of nitro benzene ring substituents is 1. The van der Waals surface area contributed by atoms with E-state index in [0.29, 0.717) is 22.2 Å². The molecule has 3 aromatic rings. The van der Waals surface area contributed by atoms with Crippen molar-refractivity contribution >= 4 is 28.9 Å². The first-order chi connectivity index (χ1) is 12.1. The number of non-ortho nitro benzene ring substituents is 1. The van der Waals surface area contributed by atoms with Crippen LogP contribution >= 0.6 is 11.6 Å². The molecule has 0 heterocycles. The van der Waals surface area contributed by atoms with Crippen LogP contribution in [0.2, 0.25) is 5.02 Å². The summed E-state index contributed by atoms with van der Waals surface area (Å²) in [7, 11) is 0. The maximum absolute atomic E-state index is 10.8. The van der Waals surface area contributed by atoms with E-state index in [2.05, 4.69) is 4.99 Å². The Labute approximate surface area is 149 Å². The summed E-state index contributed by atoms with van der Waals surface area (Å²) < 4.78 is 5.86. The maximum atomic E-state index is 10.8. The van der Waals surface area contributed by atoms with Crippen LogP contribution in [-0.4, -0.2) is 10.8 Å². The molecule has 25 heavy (non-hydrogen) atoms. The summed E-state index contributed by atoms with van der Waals surface area (Å²) in [6.07, 6.45) is 0. The molecule has 0 unspecified atom stereocenters. The van der Waals surface area contributed by atoms with Crippen molar-refractivity contribution in [2.45, 2.75) is 0 Å². The van der Waals surface area contributed by atoms with Crippen molar-refractivity contribution in [1.82, 2.24) is 0 Å². The van der Waals surface area contributed by atoms with E-state index in [9.17, 15) is 10.1 Å². The summed E-state index contributed by atoms with van der Waals surface area (Å²) >= 11 is 6.06. The number of hydrogen-bond acceptors (Lipinski definition) is 4. The molecular weight excluding hydrogens is 340 g/mol. The molecule has 6 heteroatoms. The number of nitrogens with zero attached hydrogens (tertiary/aromatic N) is 2. The second kappa shape index (κ2) is 7.59. The van der Waals surface area contributed by atoms with Crippen molar-refractivity contribution in [3.8, 4) is 5.75 Å². The lowest BCUT2D eigenvalue weighted by molar-refractivity contribution is -0.384. The third-order valence-electron chi connectivity index (χ3n) is 3.32. The number of rotatable bonds is 4. The van der Waals surface area contributed by atoms with Gasteiger partial charge in [0.1, 0.15) is 5.75 Å². The molecule has 0 saturated heterocycles. The smallest absolute Gasteiger partial charge is 0.269 e. The van der Waals surface area contributed by atoms with E-state index in [-0.39, 0.29) is 5.69 Å². The van der Waals surface area contributed by atoms with Crippen molar-refractivity contribution in [2.24, 2.45) is 4.99 Å². The molecule has 3 aromatic carbocycles. The van der Waals surface area contributed by atoms with Crippen LogP contribution in [0.4, 0.5) is 11.4 Å². The minimum absolute atomic E-state index is 0.00310. The summed E-state index contributed by atoms with van der Waals surface area (Å²) in [6, 6.07) is 22.3. The molecule has 0 aliphatic carbocycles. The lowest BCUT2D eigenvalue weighted by Crippen LogP contribution is -2.10. The summed E-state index contributed by atoms with van der Waals surface area (Å²) in [5.41, 5.74) is 1.42. The summed E-state index contributed by atoms with van der Waals surface area (Å²) in [4.78, 5) is 14.8. The van der Waals surface area contributed by atoms with Crippen LogP contribution in [0.25, 0.3) is 0 Å². The average molecular weight is 353 g/mol. The Balaban J connectivity index is 1.96. The first-order valence-corrected chi connectivity index (χ1v) is 7.81. The highest BCUT2D eigenvalue weighted by Crippen LogP contribution is 2.22. The zero-order valence-corrected chi connectivity index (χ0v) is 13.8. The molecule has 0 N–H and O–H groups in total. The third kappa shape index (κ3) is 4.43. The summed E-state index contributed by atoms with van der Waals surface area (Å²) in [5.74, 6) is 0.794. The Kier molecular flexibility index (Phi) is 5.06. The van der Waals surface area contributed by atoms with Crippen molar-refractivity contribution in [3.63, 3.8) is 0 Å². The summed E-state index contributed by atoms with van der Waals surface area (Å²) in [6.45, 7) is 0. The van der Waals surface area contributed by atoms with Gasteiger partial charge in [-0.05, 0) is 42.5 Å². The highest BCUT2D eigenvalue weighted by atomic mass is 35.5. The number of nitro groups is 1. The highest BCUT2D eigenvalue weighted by Gasteiger charge is 2.10. The molecule has 0 radical (unpaired) electrons. The largest absolute Gasteiger partial charge is 0.438 e. The Bertz CT molecular complexity index is 909. The fourth-order valence-corrected chi connectivity index (χ4v) is 2.33. The van der Waals surface area contributed by atoms with Gasteiger partial charge in [0.05, 0.1) is 10.6 Å². The van der Waals surface area contributed by atoms with E-state index >= 15 is 0 Å². The van der Waals surface area contributed by atoms with E-state index in [1.54, 1.807) is 18.2 Å². The Morgan fingerprint density at radius 1 is 0.960 bits per heavy atom. The molecule has 0 spiro atoms. The zero-order valence-electron chi connectivity index (χ0n) is 13.0. The number of hydrogen-bond donors (Lipinski definition) is 0. The van der Waals surface area contributed by atoms with Crippen molar-refractivity contribution in [3.05, 3.63) is 99.6 Å². The molecule has 0 aliphatic rings. The van der Waals surface area contributed by atoms with Crippen LogP contribution in [0.5, 0.6) is 5.75 Å². The molecular formula is C19H13ClN2O3. The molecule has 5 nitrogen and oxygen atoms in total. The van der Waals surface area contributed by atoms with Crippen LogP contribution in [-0.2, 0) is 0 Å². The molecule has 3 rings (SSSR count). The van der Waals surface area contributed by atoms with Gasteiger partial charge >= 0.3 is 0 Å². The zero-order chi connectivity index (χ0) is 17.6. The van der Waals surface area contributed by atoms with E-state index in [1.807, 2.05) is 36.4 Å². The van der Waals surface area contributed by atoms with Gasteiger partial charge in [-0.3, -0.25) is 10.1 Å². The van der Waals surface area contributed by atoms with Gasteiger partial charge in [-0.15, -0.1) is 0 Å². The molecule has 0 atom stereocenters. The summed E-state index contributed by atoms with van der Waals surface area (Å²) in [5, 5.41) is 11.3. The van der Waals surface area contributed by atoms with Gasteiger partial charge in [0.15, 0.2) is 0 Å². The van der Waals surface area contributed by atoms with Gasteiger partial charge in [-0.25, -0.2) is 4.99 Å². The molecule has 0 aromatic heterocycles. The van der Waals surface area contributed by atoms with E-state index in [0.717, 1.165) is 5.69 Å². The third-order valence-corrected chi connectivity index (χ3v) is 3.56. The standard InChI is InChI=1S/C19H13ClN2O3/c20-15-6-4-5-14(13-15)19(21-16-7-2-1-3-8-16)25-18-11-9-17(10-12-18)22(23)24/h1-13H. The van der Waals surface area contributed by atoms with Gasteiger partial charge in [0.2, 0.25) is 5.90 Å². The number of benzene rings is 3. The van der Waals surface area contributed by atoms with E-state index < -0.39 is 4.92 Å². The normalized spacial score (nSPS) is 11.2. The number of halogens is 1. The predicted octanol–water partition coefficient (Wildman–Crippen LogP) is 5.41. The molecule has 0 saturated carbocycles. The Morgan fingerprint density at radius 2 is 1.68 bits per heavy atom. The van der Waals surface area contributed by atoms with Crippen LogP contribution in [0.15, 0.2) is 83.9 Å². The predicted molar refractivity (Wildman–Crippen MR) is 97.8 cm³/mol. The van der Waals surface area contributed by atoms with Gasteiger partial charge in [0, 0.05) is 22.7 Å². The first-order valence-electron chi connectivity index (χ1n) is 7.44. The van der Waals surface area contributed by atoms with Crippen LogP contribution in [0.3, 0.4) is 0 Å². The minimum Gasteiger partial charge on any atom is -0.438 e. The van der Waals surface area contributed by atoms with Gasteiger partial charge in [-0.1, -0.05) is 35.9 Å². The second-order valence-corrected chi connectivity index (χ2v) is 5.55. The molecule has 0 bridgehead atoms. The Hall–Kier alpha value is -3.18. The van der Waals surface area contributed by atoms with Crippen LogP contribution in [0.1, 0.15) is 5.56 Å². The van der Waals surface area contributed by atoms with Gasteiger partial charge in [-0.2, -0.15) is 0 Å². The first kappa shape index (κ1) is 16.7.